The number of aromatic nitrogens is 1. The number of benzene rings is 2. The second-order valence-electron chi connectivity index (χ2n) is 7.22. The molecule has 0 aliphatic heterocycles. The molecule has 0 saturated heterocycles. The number of pyridine rings is 1. The number of hydrogen-bond donors (Lipinski definition) is 1. The maximum atomic E-state index is 13.3. The van der Waals surface area contributed by atoms with E-state index in [-0.39, 0.29) is 17.8 Å². The van der Waals surface area contributed by atoms with Crippen LogP contribution in [0.2, 0.25) is 0 Å². The molecule has 1 N–H and O–H groups in total. The molecule has 28 heavy (non-hydrogen) atoms. The number of hydrogen-bond acceptors (Lipinski definition) is 4. The number of para-hydroxylation sites is 1. The van der Waals surface area contributed by atoms with Gasteiger partial charge in [0.05, 0.1) is 23.9 Å². The number of nitrogens with one attached hydrogen (secondary N) is 1. The average molecular weight is 380 g/mol. The third kappa shape index (κ3) is 4.04. The molecule has 1 atom stereocenters. The first-order chi connectivity index (χ1) is 13.4. The Morgan fingerprint density at radius 1 is 1.14 bits per heavy atom. The molecule has 4 nitrogen and oxygen atoms in total. The Morgan fingerprint density at radius 2 is 1.82 bits per heavy atom. The summed E-state index contributed by atoms with van der Waals surface area (Å²) < 4.78 is 18.3. The molecule has 0 aliphatic rings. The van der Waals surface area contributed by atoms with Crippen molar-refractivity contribution in [3.63, 3.8) is 0 Å². The number of carbonyl (C=O) groups excluding carboxylic acids is 1. The standard InChI is InChI=1S/C23H25FN2O2/c1-14(2)22(16-9-11-17(24)12-10-16)25-13-20-21(23(27)28-4)15(3)18-7-5-6-8-19(18)26-20/h5-12,14,22,25H,13H2,1-4H3/t22-/m1/s1. The zero-order valence-corrected chi connectivity index (χ0v) is 16.6. The topological polar surface area (TPSA) is 51.2 Å². The fourth-order valence-corrected chi connectivity index (χ4v) is 3.56. The molecule has 3 rings (SSSR count). The van der Waals surface area contributed by atoms with Gasteiger partial charge in [0, 0.05) is 18.0 Å². The first kappa shape index (κ1) is 20.0. The van der Waals surface area contributed by atoms with Gasteiger partial charge in [-0.05, 0) is 42.2 Å². The van der Waals surface area contributed by atoms with E-state index in [0.717, 1.165) is 22.0 Å². The zero-order valence-electron chi connectivity index (χ0n) is 16.6. The molecule has 0 saturated carbocycles. The third-order valence-corrected chi connectivity index (χ3v) is 5.00. The first-order valence-electron chi connectivity index (χ1n) is 9.37. The smallest absolute Gasteiger partial charge is 0.340 e. The van der Waals surface area contributed by atoms with E-state index in [1.807, 2.05) is 31.2 Å². The molecule has 0 unspecified atom stereocenters. The van der Waals surface area contributed by atoms with Gasteiger partial charge < -0.3 is 10.1 Å². The van der Waals surface area contributed by atoms with Gasteiger partial charge in [-0.15, -0.1) is 0 Å². The Labute approximate surface area is 164 Å². The van der Waals surface area contributed by atoms with Gasteiger partial charge in [0.1, 0.15) is 5.82 Å². The normalized spacial score (nSPS) is 12.4. The monoisotopic (exact) mass is 380 g/mol. The molecule has 0 amide bonds. The lowest BCUT2D eigenvalue weighted by atomic mass is 9.95. The number of fused-ring (bicyclic) bond motifs is 1. The fraction of sp³-hybridized carbons (Fsp3) is 0.304. The van der Waals surface area contributed by atoms with Crippen molar-refractivity contribution in [2.24, 2.45) is 5.92 Å². The zero-order chi connectivity index (χ0) is 20.3. The number of nitrogens with zero attached hydrogens (tertiary/aromatic N) is 1. The average Bonchev–Trinajstić information content (AvgIpc) is 2.69. The van der Waals surface area contributed by atoms with Crippen molar-refractivity contribution >= 4 is 16.9 Å². The van der Waals surface area contributed by atoms with Crippen LogP contribution in [-0.2, 0) is 11.3 Å². The molecule has 5 heteroatoms. The Bertz CT molecular complexity index is 984. The summed E-state index contributed by atoms with van der Waals surface area (Å²) >= 11 is 0. The van der Waals surface area contributed by atoms with Crippen LogP contribution in [0.3, 0.4) is 0 Å². The molecule has 146 valence electrons. The Kier molecular flexibility index (Phi) is 6.05. The van der Waals surface area contributed by atoms with Crippen LogP contribution in [0, 0.1) is 18.7 Å². The van der Waals surface area contributed by atoms with E-state index < -0.39 is 5.97 Å². The highest BCUT2D eigenvalue weighted by molar-refractivity contribution is 5.98. The predicted octanol–water partition coefficient (Wildman–Crippen LogP) is 4.96. The molecule has 0 fully saturated rings. The van der Waals surface area contributed by atoms with Crippen molar-refractivity contribution in [1.29, 1.82) is 0 Å². The molecule has 2 aromatic carbocycles. The number of carbonyl (C=O) groups is 1. The largest absolute Gasteiger partial charge is 0.465 e. The van der Waals surface area contributed by atoms with Gasteiger partial charge in [0.2, 0.25) is 0 Å². The minimum Gasteiger partial charge on any atom is -0.465 e. The van der Waals surface area contributed by atoms with Crippen molar-refractivity contribution in [1.82, 2.24) is 10.3 Å². The third-order valence-electron chi connectivity index (χ3n) is 5.00. The second-order valence-corrected chi connectivity index (χ2v) is 7.22. The molecular formula is C23H25FN2O2. The number of ether oxygens (including phenoxy) is 1. The molecule has 0 spiro atoms. The van der Waals surface area contributed by atoms with E-state index in [0.29, 0.717) is 17.8 Å². The molecule has 1 aromatic heterocycles. The molecule has 1 heterocycles. The van der Waals surface area contributed by atoms with E-state index in [9.17, 15) is 9.18 Å². The lowest BCUT2D eigenvalue weighted by Crippen LogP contribution is -2.27. The Balaban J connectivity index is 1.98. The van der Waals surface area contributed by atoms with E-state index in [1.54, 1.807) is 12.1 Å². The van der Waals surface area contributed by atoms with Crippen LogP contribution in [0.5, 0.6) is 0 Å². The molecule has 0 radical (unpaired) electrons. The van der Waals surface area contributed by atoms with Crippen LogP contribution in [0.15, 0.2) is 48.5 Å². The van der Waals surface area contributed by atoms with Gasteiger partial charge >= 0.3 is 5.97 Å². The summed E-state index contributed by atoms with van der Waals surface area (Å²) in [7, 11) is 1.38. The van der Waals surface area contributed by atoms with Crippen molar-refractivity contribution in [2.45, 2.75) is 33.4 Å². The number of aryl methyl sites for hydroxylation is 1. The molecule has 0 bridgehead atoms. The van der Waals surface area contributed by atoms with Crippen LogP contribution in [0.1, 0.15) is 47.1 Å². The second kappa shape index (κ2) is 8.48. The number of halogens is 1. The minimum absolute atomic E-state index is 0.000302. The maximum Gasteiger partial charge on any atom is 0.340 e. The highest BCUT2D eigenvalue weighted by atomic mass is 19.1. The first-order valence-corrected chi connectivity index (χ1v) is 9.37. The van der Waals surface area contributed by atoms with Crippen molar-refractivity contribution in [3.8, 4) is 0 Å². The van der Waals surface area contributed by atoms with Gasteiger partial charge in [0.15, 0.2) is 0 Å². The van der Waals surface area contributed by atoms with Gasteiger partial charge in [-0.3, -0.25) is 4.98 Å². The summed E-state index contributed by atoms with van der Waals surface area (Å²) in [5, 5.41) is 4.43. The lowest BCUT2D eigenvalue weighted by molar-refractivity contribution is 0.0598. The van der Waals surface area contributed by atoms with Gasteiger partial charge in [0.25, 0.3) is 0 Å². The molecular weight excluding hydrogens is 355 g/mol. The van der Waals surface area contributed by atoms with Crippen molar-refractivity contribution < 1.29 is 13.9 Å². The summed E-state index contributed by atoms with van der Waals surface area (Å²) in [6.45, 7) is 6.51. The summed E-state index contributed by atoms with van der Waals surface area (Å²) in [6, 6.07) is 14.2. The van der Waals surface area contributed by atoms with Crippen molar-refractivity contribution in [3.05, 3.63) is 76.7 Å². The summed E-state index contributed by atoms with van der Waals surface area (Å²) in [6.07, 6.45) is 0. The van der Waals surface area contributed by atoms with Crippen molar-refractivity contribution in [2.75, 3.05) is 7.11 Å². The summed E-state index contributed by atoms with van der Waals surface area (Å²) in [4.78, 5) is 17.2. The molecule has 3 aromatic rings. The van der Waals surface area contributed by atoms with Crippen LogP contribution >= 0.6 is 0 Å². The lowest BCUT2D eigenvalue weighted by Gasteiger charge is -2.24. The Hall–Kier alpha value is -2.79. The predicted molar refractivity (Wildman–Crippen MR) is 109 cm³/mol. The summed E-state index contributed by atoms with van der Waals surface area (Å²) in [5.74, 6) is -0.380. The SMILES string of the molecule is COC(=O)c1c(CN[C@@H](c2ccc(F)cc2)C(C)C)nc2ccccc2c1C. The van der Waals surface area contributed by atoms with E-state index in [2.05, 4.69) is 19.2 Å². The van der Waals surface area contributed by atoms with Crippen LogP contribution in [0.25, 0.3) is 10.9 Å². The highest BCUT2D eigenvalue weighted by Gasteiger charge is 2.21. The Morgan fingerprint density at radius 3 is 2.46 bits per heavy atom. The minimum atomic E-state index is -0.393. The van der Waals surface area contributed by atoms with Crippen LogP contribution < -0.4 is 5.32 Å². The quantitative estimate of drug-likeness (QED) is 0.615. The number of methoxy groups -OCH3 is 1. The van der Waals surface area contributed by atoms with E-state index in [1.165, 1.54) is 19.2 Å². The van der Waals surface area contributed by atoms with E-state index in [4.69, 9.17) is 9.72 Å². The van der Waals surface area contributed by atoms with Gasteiger partial charge in [-0.2, -0.15) is 0 Å². The molecule has 0 aliphatic carbocycles. The van der Waals surface area contributed by atoms with Crippen LogP contribution in [0.4, 0.5) is 4.39 Å². The summed E-state index contributed by atoms with van der Waals surface area (Å²) in [5.41, 5.74) is 3.84. The number of rotatable bonds is 6. The highest BCUT2D eigenvalue weighted by Crippen LogP contribution is 2.26. The van der Waals surface area contributed by atoms with E-state index >= 15 is 0 Å². The number of esters is 1. The maximum absolute atomic E-state index is 13.3. The van der Waals surface area contributed by atoms with Crippen LogP contribution in [-0.4, -0.2) is 18.1 Å². The van der Waals surface area contributed by atoms with Gasteiger partial charge in [-0.1, -0.05) is 44.2 Å². The fourth-order valence-electron chi connectivity index (χ4n) is 3.56. The van der Waals surface area contributed by atoms with Gasteiger partial charge in [-0.25, -0.2) is 9.18 Å².